The van der Waals surface area contributed by atoms with E-state index in [4.69, 9.17) is 0 Å². The van der Waals surface area contributed by atoms with Crippen LogP contribution in [-0.2, 0) is 67.1 Å². The van der Waals surface area contributed by atoms with Crippen molar-refractivity contribution in [2.24, 2.45) is 0 Å². The molecule has 0 unspecified atom stereocenters. The first kappa shape index (κ1) is 92.5. The molecule has 2 N–H and O–H groups in total. The maximum Gasteiger partial charge on any atom is 0.246 e. The molecule has 0 saturated carbocycles. The van der Waals surface area contributed by atoms with Crippen molar-refractivity contribution in [1.29, 1.82) is 0 Å². The van der Waals surface area contributed by atoms with Gasteiger partial charge in [-0.1, -0.05) is 92.1 Å². The number of nitrogens with zero attached hydrogens (tertiary/aromatic N) is 6. The maximum atomic E-state index is 12.1. The van der Waals surface area contributed by atoms with Crippen LogP contribution in [0.5, 0.6) is 0 Å². The number of hydrogen-bond acceptors (Lipinski definition) is 14. The summed E-state index contributed by atoms with van der Waals surface area (Å²) in [5.41, 5.74) is 0. The van der Waals surface area contributed by atoms with E-state index in [1.165, 1.54) is 85.1 Å². The van der Waals surface area contributed by atoms with E-state index in [2.05, 4.69) is 103 Å². The van der Waals surface area contributed by atoms with Gasteiger partial charge in [0.05, 0.1) is 0 Å². The third kappa shape index (κ3) is 51.6. The Hall–Kier alpha value is -9.86. The number of rotatable bonds is 56. The van der Waals surface area contributed by atoms with Crippen molar-refractivity contribution in [3.05, 3.63) is 177 Å². The Morgan fingerprint density at radius 2 is 0.396 bits per heavy atom. The lowest BCUT2D eigenvalue weighted by Crippen LogP contribution is -2.41. The van der Waals surface area contributed by atoms with Crippen molar-refractivity contribution in [2.75, 3.05) is 91.6 Å². The molecule has 0 saturated heterocycles. The summed E-state index contributed by atoms with van der Waals surface area (Å²) in [6, 6.07) is 0. The second-order valence-electron chi connectivity index (χ2n) is 20.9. The predicted molar refractivity (Wildman–Crippen MR) is 381 cm³/mol. The smallest absolute Gasteiger partial charge is 0.246 e. The fourth-order valence-electron chi connectivity index (χ4n) is 8.31. The van der Waals surface area contributed by atoms with Crippen molar-refractivity contribution in [1.82, 2.24) is 40.0 Å². The quantitative estimate of drug-likeness (QED) is 0.0429. The zero-order valence-corrected chi connectivity index (χ0v) is 57.0. The highest BCUT2D eigenvalue weighted by Gasteiger charge is 2.18. The summed E-state index contributed by atoms with van der Waals surface area (Å²) >= 11 is 0. The summed E-state index contributed by atoms with van der Waals surface area (Å²) in [5, 5.41) is 5.26. The summed E-state index contributed by atoms with van der Waals surface area (Å²) in [4.78, 5) is 170. The Labute approximate surface area is 571 Å². The standard InChI is InChI=1S/C21H31N3O4.C21H30N2O4.C17H25NO3.C15H22N2O3/c1-5-18(25)12-9-10-14-23(20(27)7-3)16-17-24(21(28)8-4)15-11-13-22-19(26)6-2;1-5-18(24)12-9-14-22(20(26)7-3)16-11-17-23(21(27)8-4)15-10-13-19(25)6-2;1-4-15(19)11-7-9-13-18(17(21)6-3)14-10-8-12-16(20)5-2;1-4-13(18)9-7-8-11-17(15(20)6-3)12-10-16-14(19)5-2/h5-8H,1-4,9-17H2,(H,22,26);5-8H,1-4,9-17H2;4-6H,1-3,7-14H2;4-6H,1-3,7-12H2,(H,16,19). The number of amides is 8. The Bertz CT molecular complexity index is 2540. The molecule has 0 rings (SSSR count). The van der Waals surface area contributed by atoms with Crippen molar-refractivity contribution >= 4 is 82.0 Å². The molecule has 0 aromatic rings. The number of nitrogens with one attached hydrogen (secondary N) is 2. The lowest BCUT2D eigenvalue weighted by atomic mass is 10.1. The molecule has 0 aliphatic carbocycles. The second kappa shape index (κ2) is 62.6. The number of allylic oxidation sites excluding steroid dienone is 6. The second-order valence-corrected chi connectivity index (χ2v) is 20.9. The average molecular weight is 1330 g/mol. The molecule has 0 atom stereocenters. The molecule has 0 aliphatic heterocycles. The fraction of sp³-hybridized carbons (Fsp3) is 0.432. The van der Waals surface area contributed by atoms with E-state index in [0.717, 1.165) is 25.7 Å². The van der Waals surface area contributed by atoms with Gasteiger partial charge in [0.15, 0.2) is 34.7 Å². The first-order valence-electron chi connectivity index (χ1n) is 32.1. The normalized spacial score (nSPS) is 9.67. The van der Waals surface area contributed by atoms with Crippen molar-refractivity contribution < 1.29 is 67.1 Å². The van der Waals surface area contributed by atoms with Crippen LogP contribution in [0.15, 0.2) is 177 Å². The van der Waals surface area contributed by atoms with Crippen LogP contribution in [-0.4, -0.2) is 203 Å². The summed E-state index contributed by atoms with van der Waals surface area (Å²) in [5.74, 6) is -1.79. The molecular formula is C74H108N8O14. The van der Waals surface area contributed by atoms with E-state index < -0.39 is 0 Å². The largest absolute Gasteiger partial charge is 0.353 e. The van der Waals surface area contributed by atoms with Crippen molar-refractivity contribution in [2.45, 2.75) is 116 Å². The average Bonchev–Trinajstić information content (AvgIpc) is 2.79. The van der Waals surface area contributed by atoms with Gasteiger partial charge in [-0.15, -0.1) is 0 Å². The van der Waals surface area contributed by atoms with Crippen LogP contribution in [0, 0.1) is 0 Å². The van der Waals surface area contributed by atoms with Crippen LogP contribution in [0.1, 0.15) is 116 Å². The highest BCUT2D eigenvalue weighted by Crippen LogP contribution is 2.09. The number of hydrogen-bond donors (Lipinski definition) is 2. The number of unbranched alkanes of at least 4 members (excludes halogenated alkanes) is 4. The van der Waals surface area contributed by atoms with Gasteiger partial charge in [0, 0.05) is 130 Å². The molecule has 22 nitrogen and oxygen atoms in total. The Morgan fingerprint density at radius 3 is 0.635 bits per heavy atom. The third-order valence-corrected chi connectivity index (χ3v) is 13.8. The van der Waals surface area contributed by atoms with Crippen LogP contribution in [0.25, 0.3) is 0 Å². The molecule has 0 bridgehead atoms. The molecule has 0 radical (unpaired) electrons. The molecule has 0 aromatic carbocycles. The van der Waals surface area contributed by atoms with E-state index in [0.29, 0.717) is 182 Å². The van der Waals surface area contributed by atoms with Crippen molar-refractivity contribution in [3.63, 3.8) is 0 Å². The third-order valence-electron chi connectivity index (χ3n) is 13.8. The molecule has 528 valence electrons. The van der Waals surface area contributed by atoms with E-state index in [-0.39, 0.29) is 82.0 Å². The monoisotopic (exact) mass is 1330 g/mol. The Kier molecular flexibility index (Phi) is 60.3. The fourth-order valence-corrected chi connectivity index (χ4v) is 8.31. The predicted octanol–water partition coefficient (Wildman–Crippen LogP) is 8.19. The van der Waals surface area contributed by atoms with Gasteiger partial charge in [-0.25, -0.2) is 0 Å². The minimum Gasteiger partial charge on any atom is -0.353 e. The maximum absolute atomic E-state index is 12.1. The summed E-state index contributed by atoms with van der Waals surface area (Å²) in [6.45, 7) is 54.5. The lowest BCUT2D eigenvalue weighted by Gasteiger charge is -2.27. The molecule has 8 amide bonds. The van der Waals surface area contributed by atoms with Gasteiger partial charge < -0.3 is 40.0 Å². The molecule has 0 spiro atoms. The van der Waals surface area contributed by atoms with E-state index in [9.17, 15) is 67.1 Å². The topological polar surface area (TPSA) is 282 Å². The molecule has 0 aliphatic rings. The van der Waals surface area contributed by atoms with Crippen molar-refractivity contribution in [3.8, 4) is 0 Å². The van der Waals surface area contributed by atoms with Crippen LogP contribution < -0.4 is 10.6 Å². The zero-order chi connectivity index (χ0) is 73.5. The van der Waals surface area contributed by atoms with Crippen LogP contribution in [0.3, 0.4) is 0 Å². The summed E-state index contributed by atoms with van der Waals surface area (Å²) < 4.78 is 0. The first-order valence-corrected chi connectivity index (χ1v) is 32.1. The van der Waals surface area contributed by atoms with E-state index in [1.807, 2.05) is 0 Å². The number of carbonyl (C=O) groups excluding carboxylic acids is 14. The summed E-state index contributed by atoms with van der Waals surface area (Å²) in [7, 11) is 0. The molecule has 96 heavy (non-hydrogen) atoms. The molecular weight excluding hydrogens is 1220 g/mol. The van der Waals surface area contributed by atoms with E-state index >= 15 is 0 Å². The van der Waals surface area contributed by atoms with Gasteiger partial charge in [-0.2, -0.15) is 0 Å². The zero-order valence-electron chi connectivity index (χ0n) is 57.0. The SMILES string of the molecule is C=CC(=O)CCCCN(CCCCC(=O)C=C)C(=O)C=C.C=CC(=O)CCCCN(CCN(CCCNC(=O)C=C)C(=O)C=C)C(=O)C=C.C=CC(=O)CCCCN(CCNC(=O)C=C)C(=O)C=C.C=CC(=O)CCCN(CCCN(CCCC(=O)C=C)C(=O)C=C)C(=O)C=C. The van der Waals surface area contributed by atoms with Gasteiger partial charge in [0.2, 0.25) is 47.3 Å². The molecule has 0 heterocycles. The number of ketones is 6. The highest BCUT2D eigenvalue weighted by molar-refractivity contribution is 5.93. The van der Waals surface area contributed by atoms with Gasteiger partial charge in [0.1, 0.15) is 0 Å². The molecule has 22 heteroatoms. The minimum atomic E-state index is -0.271. The first-order chi connectivity index (χ1) is 45.9. The van der Waals surface area contributed by atoms with Gasteiger partial charge in [0.25, 0.3) is 0 Å². The minimum absolute atomic E-state index is 0.00448. The lowest BCUT2D eigenvalue weighted by molar-refractivity contribution is -0.130. The Morgan fingerprint density at radius 1 is 0.198 bits per heavy atom. The Balaban J connectivity index is -0.000000594. The van der Waals surface area contributed by atoms with Crippen LogP contribution in [0.4, 0.5) is 0 Å². The van der Waals surface area contributed by atoms with Crippen LogP contribution >= 0.6 is 0 Å². The molecule has 0 aromatic heterocycles. The van der Waals surface area contributed by atoms with Crippen LogP contribution in [0.2, 0.25) is 0 Å². The van der Waals surface area contributed by atoms with Gasteiger partial charge in [-0.05, 0) is 162 Å². The van der Waals surface area contributed by atoms with E-state index in [1.54, 1.807) is 29.4 Å². The van der Waals surface area contributed by atoms with Gasteiger partial charge >= 0.3 is 0 Å². The van der Waals surface area contributed by atoms with Gasteiger partial charge in [-0.3, -0.25) is 67.1 Å². The highest BCUT2D eigenvalue weighted by atomic mass is 16.2. The summed E-state index contributed by atoms with van der Waals surface area (Å²) in [6.07, 6.45) is 28.1. The molecule has 0 fully saturated rings. The number of carbonyl (C=O) groups is 14.